The van der Waals surface area contributed by atoms with E-state index in [1.807, 2.05) is 12.1 Å². The summed E-state index contributed by atoms with van der Waals surface area (Å²) in [5, 5.41) is 0. The minimum absolute atomic E-state index is 0.365. The van der Waals surface area contributed by atoms with Gasteiger partial charge in [0.15, 0.2) is 0 Å². The number of hydrogen-bond acceptors (Lipinski definition) is 3. The van der Waals surface area contributed by atoms with Crippen LogP contribution in [0.4, 0.5) is 0 Å². The summed E-state index contributed by atoms with van der Waals surface area (Å²) in [6.45, 7) is 2.28. The van der Waals surface area contributed by atoms with Gasteiger partial charge in [0, 0.05) is 12.4 Å². The van der Waals surface area contributed by atoms with Crippen molar-refractivity contribution in [2.45, 2.75) is 51.4 Å². The molecule has 3 heteroatoms. The Morgan fingerprint density at radius 2 is 1.88 bits per heavy atom. The Morgan fingerprint density at radius 1 is 1.12 bits per heavy atom. The van der Waals surface area contributed by atoms with Crippen LogP contribution in [0.1, 0.15) is 67.3 Å². The summed E-state index contributed by atoms with van der Waals surface area (Å²) in [4.78, 5) is 16.0. The monoisotopic (exact) mass is 323 g/mol. The lowest BCUT2D eigenvalue weighted by atomic mass is 9.77. The Bertz CT molecular complexity index is 643. The summed E-state index contributed by atoms with van der Waals surface area (Å²) in [5.74, 6) is 1.80. The highest BCUT2D eigenvalue weighted by Crippen LogP contribution is 2.37. The number of pyridine rings is 1. The van der Waals surface area contributed by atoms with E-state index in [0.29, 0.717) is 17.2 Å². The van der Waals surface area contributed by atoms with Crippen molar-refractivity contribution in [2.75, 3.05) is 0 Å². The van der Waals surface area contributed by atoms with E-state index in [1.165, 1.54) is 50.3 Å². The summed E-state index contributed by atoms with van der Waals surface area (Å²) in [7, 11) is 0. The second-order valence-corrected chi connectivity index (χ2v) is 6.71. The van der Waals surface area contributed by atoms with Gasteiger partial charge in [-0.3, -0.25) is 4.98 Å². The smallest absolute Gasteiger partial charge is 0.345 e. The Balaban J connectivity index is 1.57. The summed E-state index contributed by atoms with van der Waals surface area (Å²) in [5.41, 5.74) is 1.84. The van der Waals surface area contributed by atoms with Crippen molar-refractivity contribution in [3.8, 4) is 5.75 Å². The van der Waals surface area contributed by atoms with Crippen LogP contribution in [-0.2, 0) is 0 Å². The largest absolute Gasteiger partial charge is 0.423 e. The van der Waals surface area contributed by atoms with E-state index in [1.54, 1.807) is 18.3 Å². The van der Waals surface area contributed by atoms with Crippen LogP contribution in [0.15, 0.2) is 48.8 Å². The second-order valence-electron chi connectivity index (χ2n) is 6.71. The van der Waals surface area contributed by atoms with Gasteiger partial charge < -0.3 is 4.74 Å². The first-order chi connectivity index (χ1) is 11.8. The van der Waals surface area contributed by atoms with Crippen molar-refractivity contribution in [2.24, 2.45) is 5.92 Å². The van der Waals surface area contributed by atoms with Crippen LogP contribution in [0.5, 0.6) is 5.75 Å². The lowest BCUT2D eigenvalue weighted by Gasteiger charge is -2.28. The van der Waals surface area contributed by atoms with Gasteiger partial charge in [-0.25, -0.2) is 4.79 Å². The quantitative estimate of drug-likeness (QED) is 0.548. The zero-order valence-electron chi connectivity index (χ0n) is 14.3. The van der Waals surface area contributed by atoms with Gasteiger partial charge in [0.25, 0.3) is 0 Å². The highest BCUT2D eigenvalue weighted by molar-refractivity contribution is 5.90. The number of benzene rings is 1. The van der Waals surface area contributed by atoms with Crippen LogP contribution >= 0.6 is 0 Å². The third-order valence-electron chi connectivity index (χ3n) is 5.00. The topological polar surface area (TPSA) is 39.2 Å². The molecule has 0 saturated heterocycles. The van der Waals surface area contributed by atoms with E-state index < -0.39 is 0 Å². The predicted molar refractivity (Wildman–Crippen MR) is 95.2 cm³/mol. The maximum atomic E-state index is 12.0. The molecule has 0 spiro atoms. The molecule has 0 aliphatic heterocycles. The van der Waals surface area contributed by atoms with E-state index in [4.69, 9.17) is 4.74 Å². The van der Waals surface area contributed by atoms with Gasteiger partial charge in [-0.15, -0.1) is 0 Å². The van der Waals surface area contributed by atoms with Crippen LogP contribution in [0, 0.1) is 5.92 Å². The van der Waals surface area contributed by atoms with E-state index in [-0.39, 0.29) is 5.97 Å². The number of carbonyl (C=O) groups excluding carboxylic acids is 1. The van der Waals surface area contributed by atoms with Gasteiger partial charge in [0.1, 0.15) is 5.75 Å². The number of rotatable bonds is 5. The van der Waals surface area contributed by atoms with Gasteiger partial charge in [0.2, 0.25) is 0 Å². The normalized spacial score (nSPS) is 20.5. The summed E-state index contributed by atoms with van der Waals surface area (Å²) >= 11 is 0. The van der Waals surface area contributed by atoms with Crippen molar-refractivity contribution in [3.05, 3.63) is 59.9 Å². The van der Waals surface area contributed by atoms with Crippen molar-refractivity contribution >= 4 is 5.97 Å². The first kappa shape index (κ1) is 16.7. The highest BCUT2D eigenvalue weighted by atomic mass is 16.5. The fraction of sp³-hybridized carbons (Fsp3) is 0.429. The maximum absolute atomic E-state index is 12.0. The van der Waals surface area contributed by atoms with E-state index in [2.05, 4.69) is 24.0 Å². The first-order valence-corrected chi connectivity index (χ1v) is 8.98. The van der Waals surface area contributed by atoms with Gasteiger partial charge in [-0.05, 0) is 67.3 Å². The van der Waals surface area contributed by atoms with Crippen molar-refractivity contribution < 1.29 is 9.53 Å². The van der Waals surface area contributed by atoms with Crippen molar-refractivity contribution in [1.29, 1.82) is 0 Å². The predicted octanol–water partition coefficient (Wildman–Crippen LogP) is 5.37. The zero-order valence-corrected chi connectivity index (χ0v) is 14.3. The van der Waals surface area contributed by atoms with Crippen molar-refractivity contribution in [3.63, 3.8) is 0 Å². The molecular weight excluding hydrogens is 298 g/mol. The standard InChI is InChI=1S/C21H25NO2/c1-2-4-16-6-8-17(9-7-16)18-10-12-20(13-11-18)24-21(23)19-5-3-14-22-15-19/h3,5,10-17H,2,4,6-9H2,1H3. The molecule has 1 aromatic heterocycles. The molecule has 2 aromatic rings. The molecule has 126 valence electrons. The molecule has 0 radical (unpaired) electrons. The van der Waals surface area contributed by atoms with Crippen LogP contribution in [0.3, 0.4) is 0 Å². The fourth-order valence-corrected chi connectivity index (χ4v) is 3.65. The van der Waals surface area contributed by atoms with E-state index in [0.717, 1.165) is 5.92 Å². The summed E-state index contributed by atoms with van der Waals surface area (Å²) in [6, 6.07) is 11.5. The molecule has 0 N–H and O–H groups in total. The highest BCUT2D eigenvalue weighted by Gasteiger charge is 2.21. The number of ether oxygens (including phenoxy) is 1. The number of esters is 1. The molecule has 0 atom stereocenters. The third kappa shape index (κ3) is 4.22. The lowest BCUT2D eigenvalue weighted by Crippen LogP contribution is -2.13. The zero-order chi connectivity index (χ0) is 16.8. The Kier molecular flexibility index (Phi) is 5.63. The molecule has 1 heterocycles. The van der Waals surface area contributed by atoms with Crippen LogP contribution < -0.4 is 4.74 Å². The molecule has 0 bridgehead atoms. The Hall–Kier alpha value is -2.16. The lowest BCUT2D eigenvalue weighted by molar-refractivity contribution is 0.0734. The summed E-state index contributed by atoms with van der Waals surface area (Å²) in [6.07, 6.45) is 11.1. The second kappa shape index (κ2) is 8.09. The molecule has 1 aliphatic rings. The van der Waals surface area contributed by atoms with Crippen LogP contribution in [0.25, 0.3) is 0 Å². The minimum atomic E-state index is -0.365. The molecule has 1 aromatic carbocycles. The van der Waals surface area contributed by atoms with Gasteiger partial charge >= 0.3 is 5.97 Å². The average Bonchev–Trinajstić information content (AvgIpc) is 2.64. The molecule has 1 fully saturated rings. The Morgan fingerprint density at radius 3 is 2.50 bits per heavy atom. The first-order valence-electron chi connectivity index (χ1n) is 8.98. The maximum Gasteiger partial charge on any atom is 0.345 e. The molecular formula is C21H25NO2. The van der Waals surface area contributed by atoms with Gasteiger partial charge in [-0.1, -0.05) is 31.9 Å². The van der Waals surface area contributed by atoms with Gasteiger partial charge in [0.05, 0.1) is 5.56 Å². The number of carbonyl (C=O) groups is 1. The molecule has 0 amide bonds. The summed E-state index contributed by atoms with van der Waals surface area (Å²) < 4.78 is 5.41. The molecule has 0 unspecified atom stereocenters. The van der Waals surface area contributed by atoms with Crippen LogP contribution in [-0.4, -0.2) is 11.0 Å². The van der Waals surface area contributed by atoms with E-state index in [9.17, 15) is 4.79 Å². The Labute approximate surface area is 144 Å². The van der Waals surface area contributed by atoms with E-state index >= 15 is 0 Å². The number of nitrogens with zero attached hydrogens (tertiary/aromatic N) is 1. The average molecular weight is 323 g/mol. The molecule has 3 nitrogen and oxygen atoms in total. The number of hydrogen-bond donors (Lipinski definition) is 0. The SMILES string of the molecule is CCCC1CCC(c2ccc(OC(=O)c3cccnc3)cc2)CC1. The van der Waals surface area contributed by atoms with Gasteiger partial charge in [-0.2, -0.15) is 0 Å². The number of aromatic nitrogens is 1. The molecule has 1 aliphatic carbocycles. The fourth-order valence-electron chi connectivity index (χ4n) is 3.65. The van der Waals surface area contributed by atoms with Crippen molar-refractivity contribution in [1.82, 2.24) is 4.98 Å². The third-order valence-corrected chi connectivity index (χ3v) is 5.00. The molecule has 1 saturated carbocycles. The van der Waals surface area contributed by atoms with Crippen LogP contribution in [0.2, 0.25) is 0 Å². The molecule has 3 rings (SSSR count). The minimum Gasteiger partial charge on any atom is -0.423 e. The molecule has 24 heavy (non-hydrogen) atoms.